The Bertz CT molecular complexity index is 365. The molecule has 0 radical (unpaired) electrons. The number of hydrogen-bond acceptors (Lipinski definition) is 3. The van der Waals surface area contributed by atoms with E-state index in [0.29, 0.717) is 0 Å². The van der Waals surface area contributed by atoms with Gasteiger partial charge in [0.25, 0.3) is 5.91 Å². The maximum absolute atomic E-state index is 11.9. The topological polar surface area (TPSA) is 44.4 Å². The molecule has 1 aliphatic heterocycles. The molecule has 1 saturated heterocycles. The van der Waals surface area contributed by atoms with Gasteiger partial charge in [0.05, 0.1) is 0 Å². The predicted molar refractivity (Wildman–Crippen MR) is 69.2 cm³/mol. The highest BCUT2D eigenvalue weighted by atomic mass is 35.5. The quantitative estimate of drug-likeness (QED) is 0.626. The summed E-state index contributed by atoms with van der Waals surface area (Å²) in [6.07, 6.45) is 0. The third-order valence-corrected chi connectivity index (χ3v) is 3.20. The molecule has 0 saturated carbocycles. The molecule has 0 aromatic heterocycles. The molecule has 17 heavy (non-hydrogen) atoms. The number of rotatable bonds is 3. The number of anilines is 1. The number of halogens is 1. The summed E-state index contributed by atoms with van der Waals surface area (Å²) in [5, 5.41) is 6.03. The van der Waals surface area contributed by atoms with Gasteiger partial charge in [-0.1, -0.05) is 29.8 Å². The Morgan fingerprint density at radius 2 is 1.94 bits per heavy atom. The van der Waals surface area contributed by atoms with Crippen molar-refractivity contribution in [3.05, 3.63) is 30.3 Å². The zero-order chi connectivity index (χ0) is 12.1. The van der Waals surface area contributed by atoms with E-state index in [9.17, 15) is 4.79 Å². The first-order valence-electron chi connectivity index (χ1n) is 5.72. The van der Waals surface area contributed by atoms with Crippen LogP contribution in [0.2, 0.25) is 0 Å². The van der Waals surface area contributed by atoms with Gasteiger partial charge in [-0.2, -0.15) is 0 Å². The molecule has 1 aromatic rings. The Kier molecular flexibility index (Phi) is 4.36. The predicted octanol–water partition coefficient (Wildman–Crippen LogP) is 1.10. The lowest BCUT2D eigenvalue weighted by Gasteiger charge is -2.30. The fourth-order valence-electron chi connectivity index (χ4n) is 1.80. The van der Waals surface area contributed by atoms with Crippen LogP contribution in [0.1, 0.15) is 0 Å². The molecule has 2 N–H and O–H groups in total. The third kappa shape index (κ3) is 3.43. The molecule has 0 bridgehead atoms. The summed E-state index contributed by atoms with van der Waals surface area (Å²) < 4.78 is 0. The van der Waals surface area contributed by atoms with Crippen LogP contribution in [0.15, 0.2) is 30.3 Å². The van der Waals surface area contributed by atoms with Crippen molar-refractivity contribution in [3.8, 4) is 0 Å². The zero-order valence-corrected chi connectivity index (χ0v) is 10.3. The summed E-state index contributed by atoms with van der Waals surface area (Å²) in [5.41, 5.74) is 0.176. The molecule has 92 valence electrons. The molecule has 5 heteroatoms. The Morgan fingerprint density at radius 1 is 1.29 bits per heavy atom. The minimum absolute atomic E-state index is 0.167. The lowest BCUT2D eigenvalue weighted by atomic mass is 10.3. The highest BCUT2D eigenvalue weighted by molar-refractivity contribution is 6.32. The van der Waals surface area contributed by atoms with Crippen LogP contribution in [0.4, 0.5) is 5.69 Å². The van der Waals surface area contributed by atoms with Crippen molar-refractivity contribution in [1.29, 1.82) is 0 Å². The van der Waals surface area contributed by atoms with Crippen LogP contribution in [0.5, 0.6) is 0 Å². The van der Waals surface area contributed by atoms with Crippen LogP contribution in [0, 0.1) is 0 Å². The van der Waals surface area contributed by atoms with Gasteiger partial charge in [-0.25, -0.2) is 0 Å². The van der Waals surface area contributed by atoms with E-state index in [1.165, 1.54) is 0 Å². The van der Waals surface area contributed by atoms with Crippen molar-refractivity contribution in [2.75, 3.05) is 31.5 Å². The summed E-state index contributed by atoms with van der Waals surface area (Å²) in [7, 11) is 0. The SMILES string of the molecule is O=C(Nc1ccccc1)C(Cl)N1CCNCC1. The standard InChI is InChI=1S/C12H16ClN3O/c13-11(16-8-6-14-7-9-16)12(17)15-10-4-2-1-3-5-10/h1-5,11,14H,6-9H2,(H,15,17). The van der Waals surface area contributed by atoms with E-state index in [1.807, 2.05) is 35.2 Å². The van der Waals surface area contributed by atoms with E-state index in [4.69, 9.17) is 11.6 Å². The first-order chi connectivity index (χ1) is 8.27. The lowest BCUT2D eigenvalue weighted by molar-refractivity contribution is -0.118. The van der Waals surface area contributed by atoms with E-state index in [2.05, 4.69) is 10.6 Å². The lowest BCUT2D eigenvalue weighted by Crippen LogP contribution is -2.50. The van der Waals surface area contributed by atoms with Gasteiger partial charge in [-0.05, 0) is 12.1 Å². The Morgan fingerprint density at radius 3 is 2.59 bits per heavy atom. The third-order valence-electron chi connectivity index (χ3n) is 2.73. The first-order valence-corrected chi connectivity index (χ1v) is 6.16. The zero-order valence-electron chi connectivity index (χ0n) is 9.53. The number of carbonyl (C=O) groups is 1. The van der Waals surface area contributed by atoms with E-state index in [-0.39, 0.29) is 5.91 Å². The number of carbonyl (C=O) groups excluding carboxylic acids is 1. The van der Waals surface area contributed by atoms with Crippen molar-refractivity contribution in [2.45, 2.75) is 5.50 Å². The van der Waals surface area contributed by atoms with Crippen LogP contribution in [0.3, 0.4) is 0 Å². The average Bonchev–Trinajstić information content (AvgIpc) is 2.40. The molecule has 0 aliphatic carbocycles. The number of alkyl halides is 1. The molecule has 0 spiro atoms. The molecule has 1 heterocycles. The fourth-order valence-corrected chi connectivity index (χ4v) is 2.05. The normalized spacial score (nSPS) is 18.6. The number of nitrogens with zero attached hydrogens (tertiary/aromatic N) is 1. The van der Waals surface area contributed by atoms with E-state index >= 15 is 0 Å². The van der Waals surface area contributed by atoms with E-state index in [0.717, 1.165) is 31.9 Å². The molecular weight excluding hydrogens is 238 g/mol. The van der Waals surface area contributed by atoms with Gasteiger partial charge in [-0.15, -0.1) is 0 Å². The fraction of sp³-hybridized carbons (Fsp3) is 0.417. The van der Waals surface area contributed by atoms with Gasteiger partial charge in [-0.3, -0.25) is 9.69 Å². The summed E-state index contributed by atoms with van der Waals surface area (Å²) in [5.74, 6) is -0.167. The van der Waals surface area contributed by atoms with Gasteiger partial charge < -0.3 is 10.6 Å². The Balaban J connectivity index is 1.90. The summed E-state index contributed by atoms with van der Waals surface area (Å²) in [6.45, 7) is 3.36. The second-order valence-corrected chi connectivity index (χ2v) is 4.39. The number of nitrogens with one attached hydrogen (secondary N) is 2. The molecule has 1 aliphatic rings. The number of para-hydroxylation sites is 1. The van der Waals surface area contributed by atoms with E-state index < -0.39 is 5.50 Å². The van der Waals surface area contributed by atoms with Crippen LogP contribution in [-0.4, -0.2) is 42.5 Å². The maximum atomic E-state index is 11.9. The highest BCUT2D eigenvalue weighted by Crippen LogP contribution is 2.11. The van der Waals surface area contributed by atoms with Crippen molar-refractivity contribution < 1.29 is 4.79 Å². The van der Waals surface area contributed by atoms with Gasteiger partial charge in [0, 0.05) is 31.9 Å². The molecule has 2 rings (SSSR count). The smallest absolute Gasteiger partial charge is 0.257 e. The monoisotopic (exact) mass is 253 g/mol. The van der Waals surface area contributed by atoms with Crippen molar-refractivity contribution >= 4 is 23.2 Å². The Labute approximate surface area is 106 Å². The summed E-state index contributed by atoms with van der Waals surface area (Å²) >= 11 is 6.15. The molecule has 4 nitrogen and oxygen atoms in total. The van der Waals surface area contributed by atoms with Crippen LogP contribution < -0.4 is 10.6 Å². The molecule has 1 unspecified atom stereocenters. The van der Waals surface area contributed by atoms with Gasteiger partial charge in [0.2, 0.25) is 0 Å². The van der Waals surface area contributed by atoms with Crippen molar-refractivity contribution in [2.24, 2.45) is 0 Å². The summed E-state index contributed by atoms with van der Waals surface area (Å²) in [4.78, 5) is 13.9. The Hall–Kier alpha value is -1.10. The molecule has 1 aromatic carbocycles. The maximum Gasteiger partial charge on any atom is 0.257 e. The van der Waals surface area contributed by atoms with E-state index in [1.54, 1.807) is 0 Å². The second-order valence-electron chi connectivity index (χ2n) is 3.98. The molecule has 1 fully saturated rings. The average molecular weight is 254 g/mol. The first kappa shape index (κ1) is 12.4. The minimum atomic E-state index is -0.600. The minimum Gasteiger partial charge on any atom is -0.324 e. The van der Waals surface area contributed by atoms with Gasteiger partial charge in [0.1, 0.15) is 0 Å². The van der Waals surface area contributed by atoms with Crippen LogP contribution in [-0.2, 0) is 4.79 Å². The van der Waals surface area contributed by atoms with Gasteiger partial charge >= 0.3 is 0 Å². The molecular formula is C12H16ClN3O. The summed E-state index contributed by atoms with van der Waals surface area (Å²) in [6, 6.07) is 9.36. The van der Waals surface area contributed by atoms with Gasteiger partial charge in [0.15, 0.2) is 5.50 Å². The largest absolute Gasteiger partial charge is 0.324 e. The highest BCUT2D eigenvalue weighted by Gasteiger charge is 2.24. The number of amides is 1. The molecule has 1 amide bonds. The van der Waals surface area contributed by atoms with Crippen LogP contribution in [0.25, 0.3) is 0 Å². The van der Waals surface area contributed by atoms with Crippen LogP contribution >= 0.6 is 11.6 Å². The number of hydrogen-bond donors (Lipinski definition) is 2. The van der Waals surface area contributed by atoms with Crippen molar-refractivity contribution in [3.63, 3.8) is 0 Å². The number of piperazine rings is 1. The molecule has 1 atom stereocenters. The second kappa shape index (κ2) is 6.00. The van der Waals surface area contributed by atoms with Crippen molar-refractivity contribution in [1.82, 2.24) is 10.2 Å². The number of benzene rings is 1.